The van der Waals surface area contributed by atoms with Crippen molar-refractivity contribution in [3.8, 4) is 0 Å². The minimum absolute atomic E-state index is 0.0727. The van der Waals surface area contributed by atoms with Crippen molar-refractivity contribution in [2.24, 2.45) is 5.92 Å². The molecule has 0 saturated carbocycles. The monoisotopic (exact) mass is 333 g/mol. The van der Waals surface area contributed by atoms with Crippen molar-refractivity contribution < 1.29 is 13.5 Å². The standard InChI is InChI=1S/C15H24ClNO3S/c1-4-12(5-2)10-17(6-3)21(19,20)15-9-13(11-18)7-8-14(15)16/h7-9,12,18H,4-6,10-11H2,1-3H3. The maximum atomic E-state index is 12.8. The van der Waals surface area contributed by atoms with E-state index in [0.717, 1.165) is 12.8 Å². The van der Waals surface area contributed by atoms with Crippen molar-refractivity contribution in [3.63, 3.8) is 0 Å². The van der Waals surface area contributed by atoms with E-state index in [1.165, 1.54) is 16.4 Å². The molecule has 1 aromatic rings. The summed E-state index contributed by atoms with van der Waals surface area (Å²) in [5, 5.41) is 9.37. The lowest BCUT2D eigenvalue weighted by atomic mass is 10.0. The Bertz CT molecular complexity index is 556. The first kappa shape index (κ1) is 18.4. The van der Waals surface area contributed by atoms with E-state index in [1.807, 2.05) is 6.92 Å². The van der Waals surface area contributed by atoms with Gasteiger partial charge in [-0.3, -0.25) is 0 Å². The van der Waals surface area contributed by atoms with Crippen LogP contribution in [0.15, 0.2) is 23.1 Å². The molecular formula is C15H24ClNO3S. The lowest BCUT2D eigenvalue weighted by Crippen LogP contribution is -2.35. The first-order valence-corrected chi connectivity index (χ1v) is 9.11. The van der Waals surface area contributed by atoms with Gasteiger partial charge in [-0.2, -0.15) is 4.31 Å². The van der Waals surface area contributed by atoms with Gasteiger partial charge in [0.2, 0.25) is 10.0 Å². The molecule has 21 heavy (non-hydrogen) atoms. The summed E-state index contributed by atoms with van der Waals surface area (Å²) >= 11 is 6.06. The average molecular weight is 334 g/mol. The fraction of sp³-hybridized carbons (Fsp3) is 0.600. The third-order valence-electron chi connectivity index (χ3n) is 3.77. The van der Waals surface area contributed by atoms with E-state index < -0.39 is 10.0 Å². The van der Waals surface area contributed by atoms with Gasteiger partial charge in [-0.25, -0.2) is 8.42 Å². The lowest BCUT2D eigenvalue weighted by molar-refractivity contribution is 0.281. The van der Waals surface area contributed by atoms with E-state index >= 15 is 0 Å². The number of rotatable bonds is 8. The number of halogens is 1. The summed E-state index contributed by atoms with van der Waals surface area (Å²) in [6.07, 6.45) is 1.87. The highest BCUT2D eigenvalue weighted by Gasteiger charge is 2.27. The number of benzene rings is 1. The summed E-state index contributed by atoms with van der Waals surface area (Å²) in [6.45, 7) is 6.63. The maximum Gasteiger partial charge on any atom is 0.244 e. The Hall–Kier alpha value is -0.620. The van der Waals surface area contributed by atoms with Gasteiger partial charge in [-0.1, -0.05) is 51.3 Å². The summed E-state index contributed by atoms with van der Waals surface area (Å²) in [7, 11) is -3.64. The van der Waals surface area contributed by atoms with Gasteiger partial charge < -0.3 is 5.11 Å². The number of aliphatic hydroxyl groups excluding tert-OH is 1. The van der Waals surface area contributed by atoms with E-state index in [1.54, 1.807) is 6.07 Å². The van der Waals surface area contributed by atoms with Crippen LogP contribution in [0.1, 0.15) is 39.2 Å². The summed E-state index contributed by atoms with van der Waals surface area (Å²) in [6, 6.07) is 4.59. The normalized spacial score (nSPS) is 12.3. The van der Waals surface area contributed by atoms with Crippen LogP contribution in [0.5, 0.6) is 0 Å². The molecule has 0 aromatic heterocycles. The van der Waals surface area contributed by atoms with Gasteiger partial charge in [0.25, 0.3) is 0 Å². The molecule has 1 aromatic carbocycles. The minimum atomic E-state index is -3.64. The Morgan fingerprint density at radius 3 is 2.33 bits per heavy atom. The zero-order chi connectivity index (χ0) is 16.0. The predicted molar refractivity (Wildman–Crippen MR) is 85.9 cm³/mol. The summed E-state index contributed by atoms with van der Waals surface area (Å²) in [5.74, 6) is 0.333. The first-order valence-electron chi connectivity index (χ1n) is 7.30. The van der Waals surface area contributed by atoms with Crippen molar-refractivity contribution in [2.75, 3.05) is 13.1 Å². The van der Waals surface area contributed by atoms with E-state index in [2.05, 4.69) is 13.8 Å². The molecule has 6 heteroatoms. The van der Waals surface area contributed by atoms with Crippen LogP contribution in [0, 0.1) is 5.92 Å². The van der Waals surface area contributed by atoms with E-state index in [0.29, 0.717) is 24.6 Å². The van der Waals surface area contributed by atoms with Gasteiger partial charge in [0.1, 0.15) is 4.90 Å². The third kappa shape index (κ3) is 4.42. The van der Waals surface area contributed by atoms with Crippen molar-refractivity contribution in [1.29, 1.82) is 0 Å². The smallest absolute Gasteiger partial charge is 0.244 e. The molecular weight excluding hydrogens is 310 g/mol. The molecule has 0 atom stereocenters. The van der Waals surface area contributed by atoms with Crippen LogP contribution in [0.4, 0.5) is 0 Å². The van der Waals surface area contributed by atoms with Crippen molar-refractivity contribution >= 4 is 21.6 Å². The largest absolute Gasteiger partial charge is 0.392 e. The molecule has 0 spiro atoms. The average Bonchev–Trinajstić information content (AvgIpc) is 2.48. The summed E-state index contributed by atoms with van der Waals surface area (Å²) in [4.78, 5) is 0.0727. The Balaban J connectivity index is 3.18. The summed E-state index contributed by atoms with van der Waals surface area (Å²) in [5.41, 5.74) is 0.538. The second-order valence-corrected chi connectivity index (χ2v) is 7.37. The van der Waals surface area contributed by atoms with Gasteiger partial charge in [0, 0.05) is 13.1 Å². The lowest BCUT2D eigenvalue weighted by Gasteiger charge is -2.25. The molecule has 0 fully saturated rings. The minimum Gasteiger partial charge on any atom is -0.392 e. The number of nitrogens with zero attached hydrogens (tertiary/aromatic N) is 1. The van der Waals surface area contributed by atoms with Crippen LogP contribution < -0.4 is 0 Å². The van der Waals surface area contributed by atoms with E-state index in [-0.39, 0.29) is 16.5 Å². The van der Waals surface area contributed by atoms with Crippen LogP contribution in [0.2, 0.25) is 5.02 Å². The van der Waals surface area contributed by atoms with Gasteiger partial charge in [0.15, 0.2) is 0 Å². The summed E-state index contributed by atoms with van der Waals surface area (Å²) < 4.78 is 27.0. The van der Waals surface area contributed by atoms with Crippen molar-refractivity contribution in [1.82, 2.24) is 4.31 Å². The molecule has 0 aliphatic carbocycles. The molecule has 0 bridgehead atoms. The van der Waals surface area contributed by atoms with Gasteiger partial charge in [-0.05, 0) is 23.6 Å². The Morgan fingerprint density at radius 2 is 1.86 bits per heavy atom. The van der Waals surface area contributed by atoms with Gasteiger partial charge in [-0.15, -0.1) is 0 Å². The molecule has 0 aliphatic heterocycles. The fourth-order valence-corrected chi connectivity index (χ4v) is 4.26. The molecule has 1 rings (SSSR count). The topological polar surface area (TPSA) is 57.6 Å². The molecule has 0 saturated heterocycles. The zero-order valence-corrected chi connectivity index (χ0v) is 14.4. The van der Waals surface area contributed by atoms with E-state index in [9.17, 15) is 13.5 Å². The predicted octanol–water partition coefficient (Wildman–Crippen LogP) is 3.28. The number of hydrogen-bond acceptors (Lipinski definition) is 3. The van der Waals surface area contributed by atoms with Crippen LogP contribution in [0.3, 0.4) is 0 Å². The molecule has 120 valence electrons. The third-order valence-corrected chi connectivity index (χ3v) is 6.19. The molecule has 4 nitrogen and oxygen atoms in total. The second kappa shape index (κ2) is 8.13. The van der Waals surface area contributed by atoms with Crippen LogP contribution in [-0.2, 0) is 16.6 Å². The second-order valence-electron chi connectivity index (χ2n) is 5.06. The number of sulfonamides is 1. The molecule has 0 heterocycles. The molecule has 0 amide bonds. The highest BCUT2D eigenvalue weighted by atomic mass is 35.5. The number of aliphatic hydroxyl groups is 1. The quantitative estimate of drug-likeness (QED) is 0.794. The fourth-order valence-electron chi connectivity index (χ4n) is 2.21. The van der Waals surface area contributed by atoms with Crippen LogP contribution in [0.25, 0.3) is 0 Å². The van der Waals surface area contributed by atoms with Crippen LogP contribution in [-0.4, -0.2) is 30.9 Å². The van der Waals surface area contributed by atoms with Crippen molar-refractivity contribution in [3.05, 3.63) is 28.8 Å². The van der Waals surface area contributed by atoms with Crippen molar-refractivity contribution in [2.45, 2.75) is 45.1 Å². The van der Waals surface area contributed by atoms with Gasteiger partial charge in [0.05, 0.1) is 11.6 Å². The van der Waals surface area contributed by atoms with Crippen LogP contribution >= 0.6 is 11.6 Å². The van der Waals surface area contributed by atoms with Gasteiger partial charge >= 0.3 is 0 Å². The first-order chi connectivity index (χ1) is 9.90. The Labute approximate surface area is 132 Å². The maximum absolute atomic E-state index is 12.8. The Morgan fingerprint density at radius 1 is 1.24 bits per heavy atom. The number of hydrogen-bond donors (Lipinski definition) is 1. The SMILES string of the molecule is CCC(CC)CN(CC)S(=O)(=O)c1cc(CO)ccc1Cl. The molecule has 0 aliphatic rings. The zero-order valence-electron chi connectivity index (χ0n) is 12.8. The highest BCUT2D eigenvalue weighted by molar-refractivity contribution is 7.89. The molecule has 1 N–H and O–H groups in total. The molecule has 0 unspecified atom stereocenters. The Kier molecular flexibility index (Phi) is 7.13. The highest BCUT2D eigenvalue weighted by Crippen LogP contribution is 2.27. The molecule has 0 radical (unpaired) electrons. The van der Waals surface area contributed by atoms with E-state index in [4.69, 9.17) is 11.6 Å².